The normalized spacial score (nSPS) is 10.6. The third kappa shape index (κ3) is 3.45. The molecule has 0 aromatic heterocycles. The molecule has 4 N–H and O–H groups in total. The lowest BCUT2D eigenvalue weighted by molar-refractivity contribution is 0.0952. The molecule has 2 aromatic rings. The highest BCUT2D eigenvalue weighted by Gasteiger charge is 2.10. The zero-order valence-corrected chi connectivity index (χ0v) is 11.6. The molecule has 2 rings (SSSR count). The molecule has 0 aliphatic carbocycles. The van der Waals surface area contributed by atoms with Crippen LogP contribution in [-0.4, -0.2) is 34.6 Å². The minimum absolute atomic E-state index is 0.0334. The number of phenols is 3. The second-order valence-corrected chi connectivity index (χ2v) is 4.33. The summed E-state index contributed by atoms with van der Waals surface area (Å²) >= 11 is 0. The lowest BCUT2D eigenvalue weighted by Gasteiger charge is -2.04. The summed E-state index contributed by atoms with van der Waals surface area (Å²) in [5.41, 5.74) is 2.56. The highest BCUT2D eigenvalue weighted by Crippen LogP contribution is 2.23. The predicted octanol–water partition coefficient (Wildman–Crippen LogP) is 1.58. The summed E-state index contributed by atoms with van der Waals surface area (Å²) in [4.78, 5) is 11.8. The largest absolute Gasteiger partial charge is 0.508 e. The molecule has 0 spiro atoms. The van der Waals surface area contributed by atoms with E-state index in [1.54, 1.807) is 12.1 Å². The monoisotopic (exact) mass is 302 g/mol. The molecule has 0 saturated heterocycles. The molecule has 0 bridgehead atoms. The minimum Gasteiger partial charge on any atom is -0.508 e. The second kappa shape index (κ2) is 6.49. The number of benzene rings is 2. The van der Waals surface area contributed by atoms with Gasteiger partial charge in [0.05, 0.1) is 18.9 Å². The van der Waals surface area contributed by atoms with E-state index in [4.69, 9.17) is 9.84 Å². The number of hydrazone groups is 1. The molecule has 1 amide bonds. The quantitative estimate of drug-likeness (QED) is 0.506. The van der Waals surface area contributed by atoms with Gasteiger partial charge >= 0.3 is 0 Å². The zero-order valence-electron chi connectivity index (χ0n) is 11.6. The maximum absolute atomic E-state index is 11.8. The van der Waals surface area contributed by atoms with Gasteiger partial charge in [0.1, 0.15) is 23.0 Å². The van der Waals surface area contributed by atoms with Crippen molar-refractivity contribution in [3.05, 3.63) is 47.5 Å². The summed E-state index contributed by atoms with van der Waals surface area (Å²) < 4.78 is 4.95. The summed E-state index contributed by atoms with van der Waals surface area (Å²) in [6.07, 6.45) is 1.25. The summed E-state index contributed by atoms with van der Waals surface area (Å²) in [5, 5.41) is 32.1. The Hall–Kier alpha value is -3.22. The highest BCUT2D eigenvalue weighted by atomic mass is 16.5. The third-order valence-corrected chi connectivity index (χ3v) is 2.83. The molecule has 22 heavy (non-hydrogen) atoms. The standard InChI is InChI=1S/C15H14N2O5/c1-22-11-4-2-9(13(19)7-11)8-16-17-15(21)12-5-3-10(18)6-14(12)20/h2-8,18-20H,1H3,(H,17,21)/b16-8+. The molecule has 0 saturated carbocycles. The lowest BCUT2D eigenvalue weighted by atomic mass is 10.2. The van der Waals surface area contributed by atoms with Gasteiger partial charge < -0.3 is 20.1 Å². The number of carbonyl (C=O) groups excluding carboxylic acids is 1. The molecular weight excluding hydrogens is 288 g/mol. The Morgan fingerprint density at radius 3 is 2.55 bits per heavy atom. The van der Waals surface area contributed by atoms with Gasteiger partial charge in [-0.25, -0.2) is 5.43 Å². The molecule has 0 atom stereocenters. The van der Waals surface area contributed by atoms with Crippen LogP contribution in [0, 0.1) is 0 Å². The van der Waals surface area contributed by atoms with Gasteiger partial charge in [-0.15, -0.1) is 0 Å². The van der Waals surface area contributed by atoms with E-state index in [9.17, 15) is 15.0 Å². The molecule has 0 aliphatic rings. The van der Waals surface area contributed by atoms with Crippen LogP contribution in [0.15, 0.2) is 41.5 Å². The average Bonchev–Trinajstić information content (AvgIpc) is 2.48. The molecule has 7 heteroatoms. The molecule has 0 aliphatic heterocycles. The number of nitrogens with one attached hydrogen (secondary N) is 1. The topological polar surface area (TPSA) is 111 Å². The Balaban J connectivity index is 2.07. The van der Waals surface area contributed by atoms with Crippen molar-refractivity contribution in [2.45, 2.75) is 0 Å². The Morgan fingerprint density at radius 1 is 1.14 bits per heavy atom. The van der Waals surface area contributed by atoms with Crippen molar-refractivity contribution >= 4 is 12.1 Å². The van der Waals surface area contributed by atoms with Gasteiger partial charge in [0.15, 0.2) is 0 Å². The molecular formula is C15H14N2O5. The van der Waals surface area contributed by atoms with Crippen LogP contribution in [-0.2, 0) is 0 Å². The molecule has 0 unspecified atom stereocenters. The van der Waals surface area contributed by atoms with Crippen LogP contribution < -0.4 is 10.2 Å². The van der Waals surface area contributed by atoms with E-state index in [2.05, 4.69) is 10.5 Å². The highest BCUT2D eigenvalue weighted by molar-refractivity contribution is 5.97. The van der Waals surface area contributed by atoms with Gasteiger partial charge in [-0.2, -0.15) is 5.10 Å². The Morgan fingerprint density at radius 2 is 1.91 bits per heavy atom. The molecule has 0 heterocycles. The lowest BCUT2D eigenvalue weighted by Crippen LogP contribution is -2.17. The van der Waals surface area contributed by atoms with E-state index in [1.807, 2.05) is 0 Å². The van der Waals surface area contributed by atoms with Crippen molar-refractivity contribution in [3.63, 3.8) is 0 Å². The van der Waals surface area contributed by atoms with E-state index < -0.39 is 5.91 Å². The van der Waals surface area contributed by atoms with Crippen molar-refractivity contribution in [1.82, 2.24) is 5.43 Å². The summed E-state index contributed by atoms with van der Waals surface area (Å²) in [7, 11) is 1.48. The maximum Gasteiger partial charge on any atom is 0.275 e. The van der Waals surface area contributed by atoms with Crippen LogP contribution in [0.4, 0.5) is 0 Å². The number of carbonyl (C=O) groups is 1. The molecule has 0 fully saturated rings. The molecule has 114 valence electrons. The predicted molar refractivity (Wildman–Crippen MR) is 79.5 cm³/mol. The second-order valence-electron chi connectivity index (χ2n) is 4.33. The van der Waals surface area contributed by atoms with Crippen molar-refractivity contribution < 1.29 is 24.9 Å². The van der Waals surface area contributed by atoms with Crippen molar-refractivity contribution in [1.29, 1.82) is 0 Å². The van der Waals surface area contributed by atoms with Crippen LogP contribution in [0.1, 0.15) is 15.9 Å². The van der Waals surface area contributed by atoms with Crippen LogP contribution in [0.25, 0.3) is 0 Å². The number of rotatable bonds is 4. The van der Waals surface area contributed by atoms with Crippen molar-refractivity contribution in [3.8, 4) is 23.0 Å². The van der Waals surface area contributed by atoms with Gasteiger partial charge in [-0.3, -0.25) is 4.79 Å². The van der Waals surface area contributed by atoms with Crippen LogP contribution in [0.5, 0.6) is 23.0 Å². The first-order valence-corrected chi connectivity index (χ1v) is 6.23. The smallest absolute Gasteiger partial charge is 0.275 e. The van der Waals surface area contributed by atoms with E-state index in [0.717, 1.165) is 6.07 Å². The maximum atomic E-state index is 11.8. The summed E-state index contributed by atoms with van der Waals surface area (Å²) in [6.45, 7) is 0. The Labute approximate surface area is 126 Å². The number of methoxy groups -OCH3 is 1. The fraction of sp³-hybridized carbons (Fsp3) is 0.0667. The van der Waals surface area contributed by atoms with Crippen LogP contribution >= 0.6 is 0 Å². The first-order valence-electron chi connectivity index (χ1n) is 6.23. The molecule has 7 nitrogen and oxygen atoms in total. The number of phenolic OH excluding ortho intramolecular Hbond substituents is 3. The van der Waals surface area contributed by atoms with Crippen LogP contribution in [0.3, 0.4) is 0 Å². The van der Waals surface area contributed by atoms with E-state index in [1.165, 1.54) is 31.5 Å². The Kier molecular flexibility index (Phi) is 4.47. The molecule has 0 radical (unpaired) electrons. The first kappa shape index (κ1) is 15.2. The first-order chi connectivity index (χ1) is 10.5. The van der Waals surface area contributed by atoms with Gasteiger partial charge in [0.2, 0.25) is 0 Å². The fourth-order valence-corrected chi connectivity index (χ4v) is 1.69. The SMILES string of the molecule is COc1ccc(/C=N/NC(=O)c2ccc(O)cc2O)c(O)c1. The van der Waals surface area contributed by atoms with E-state index in [0.29, 0.717) is 11.3 Å². The van der Waals surface area contributed by atoms with E-state index >= 15 is 0 Å². The molecule has 2 aromatic carbocycles. The van der Waals surface area contributed by atoms with Crippen LogP contribution in [0.2, 0.25) is 0 Å². The van der Waals surface area contributed by atoms with Crippen molar-refractivity contribution in [2.24, 2.45) is 5.10 Å². The zero-order chi connectivity index (χ0) is 16.1. The minimum atomic E-state index is -0.651. The fourth-order valence-electron chi connectivity index (χ4n) is 1.69. The van der Waals surface area contributed by atoms with E-state index in [-0.39, 0.29) is 22.8 Å². The van der Waals surface area contributed by atoms with Gasteiger partial charge in [0.25, 0.3) is 5.91 Å². The van der Waals surface area contributed by atoms with Crippen molar-refractivity contribution in [2.75, 3.05) is 7.11 Å². The average molecular weight is 302 g/mol. The Bertz CT molecular complexity index is 728. The van der Waals surface area contributed by atoms with Gasteiger partial charge in [-0.1, -0.05) is 0 Å². The third-order valence-electron chi connectivity index (χ3n) is 2.83. The number of ether oxygens (including phenoxy) is 1. The summed E-state index contributed by atoms with van der Waals surface area (Å²) in [6, 6.07) is 8.20. The van der Waals surface area contributed by atoms with Gasteiger partial charge in [-0.05, 0) is 24.3 Å². The number of hydrogen-bond donors (Lipinski definition) is 4. The van der Waals surface area contributed by atoms with Gasteiger partial charge in [0, 0.05) is 17.7 Å². The number of nitrogens with zero attached hydrogens (tertiary/aromatic N) is 1. The number of hydrogen-bond acceptors (Lipinski definition) is 6. The number of amides is 1. The number of aromatic hydroxyl groups is 3. The summed E-state index contributed by atoms with van der Waals surface area (Å²) in [5.74, 6) is -0.722.